The van der Waals surface area contributed by atoms with Gasteiger partial charge in [-0.1, -0.05) is 0 Å². The highest BCUT2D eigenvalue weighted by Gasteiger charge is 2.14. The number of H-pyrrole nitrogens is 1. The smallest absolute Gasteiger partial charge is 0.181 e. The Kier molecular flexibility index (Phi) is 4.38. The van der Waals surface area contributed by atoms with Crippen LogP contribution in [0.3, 0.4) is 0 Å². The molecule has 0 atom stereocenters. The molecule has 0 fully saturated rings. The minimum Gasteiger partial charge on any atom is -0.396 e. The number of thioether (sulfide) groups is 1. The van der Waals surface area contributed by atoms with Gasteiger partial charge in [0.1, 0.15) is 10.0 Å². The van der Waals surface area contributed by atoms with Crippen LogP contribution in [0.5, 0.6) is 0 Å². The number of anilines is 2. The van der Waals surface area contributed by atoms with Crippen LogP contribution in [0.15, 0.2) is 35.9 Å². The molecule has 4 heterocycles. The average molecular weight is 373 g/mol. The average Bonchev–Trinajstić information content (AvgIpc) is 3.33. The fraction of sp³-hybridized carbons (Fsp3) is 0.200. The third kappa shape index (κ3) is 3.23. The highest BCUT2D eigenvalue weighted by Crippen LogP contribution is 2.29. The summed E-state index contributed by atoms with van der Waals surface area (Å²) in [5, 5.41) is 21.0. The zero-order chi connectivity index (χ0) is 17.2. The second-order valence-electron chi connectivity index (χ2n) is 5.28. The molecular weight excluding hydrogens is 358 g/mol. The van der Waals surface area contributed by atoms with E-state index in [9.17, 15) is 0 Å². The molecule has 8 nitrogen and oxygen atoms in total. The van der Waals surface area contributed by atoms with E-state index in [1.807, 2.05) is 29.8 Å². The number of hydrogen-bond donors (Lipinski definition) is 3. The van der Waals surface area contributed by atoms with E-state index in [-0.39, 0.29) is 6.61 Å². The first-order valence-corrected chi connectivity index (χ1v) is 9.32. The first kappa shape index (κ1) is 16.1. The van der Waals surface area contributed by atoms with Gasteiger partial charge in [0, 0.05) is 23.7 Å². The molecule has 4 rings (SSSR count). The van der Waals surface area contributed by atoms with Crippen LogP contribution < -0.4 is 5.32 Å². The highest BCUT2D eigenvalue weighted by molar-refractivity contribution is 7.99. The van der Waals surface area contributed by atoms with Crippen molar-refractivity contribution in [3.63, 3.8) is 0 Å². The van der Waals surface area contributed by atoms with Crippen LogP contribution in [-0.2, 0) is 0 Å². The Morgan fingerprint density at radius 2 is 2.32 bits per heavy atom. The molecule has 3 N–H and O–H groups in total. The van der Waals surface area contributed by atoms with E-state index in [0.717, 1.165) is 32.6 Å². The van der Waals surface area contributed by atoms with E-state index >= 15 is 0 Å². The van der Waals surface area contributed by atoms with Gasteiger partial charge in [-0.15, -0.1) is 11.8 Å². The Morgan fingerprint density at radius 1 is 1.40 bits per heavy atom. The van der Waals surface area contributed by atoms with Gasteiger partial charge in [0.15, 0.2) is 11.5 Å². The van der Waals surface area contributed by atoms with Gasteiger partial charge in [-0.2, -0.15) is 9.47 Å². The summed E-state index contributed by atoms with van der Waals surface area (Å²) in [7, 11) is 0. The molecule has 0 unspecified atom stereocenters. The predicted molar refractivity (Wildman–Crippen MR) is 98.5 cm³/mol. The zero-order valence-electron chi connectivity index (χ0n) is 13.3. The van der Waals surface area contributed by atoms with Crippen LogP contribution in [0, 0.1) is 6.92 Å². The van der Waals surface area contributed by atoms with E-state index in [0.29, 0.717) is 11.6 Å². The number of aromatic nitrogens is 6. The lowest BCUT2D eigenvalue weighted by Gasteiger charge is -2.09. The standard InChI is InChI=1S/C15H15N7OS2/c1-9-4-12(25-21-9)19-14-15-16-7-11(10-5-17-18-6-10)22(15)8-13(20-14)24-3-2-23/h4-8,23H,2-3H2,1H3,(H,17,18)(H,19,20). The number of aryl methyl sites for hydroxylation is 1. The molecular formula is C15H15N7OS2. The van der Waals surface area contributed by atoms with Gasteiger partial charge in [0.25, 0.3) is 0 Å². The Balaban J connectivity index is 1.82. The molecule has 0 bridgehead atoms. The molecule has 0 saturated heterocycles. The Bertz CT molecular complexity index is 993. The maximum Gasteiger partial charge on any atom is 0.181 e. The number of hydrogen-bond acceptors (Lipinski definition) is 8. The van der Waals surface area contributed by atoms with E-state index in [1.165, 1.54) is 23.3 Å². The number of rotatable bonds is 6. The van der Waals surface area contributed by atoms with Crippen molar-refractivity contribution in [3.05, 3.63) is 36.5 Å². The van der Waals surface area contributed by atoms with Crippen LogP contribution in [0.4, 0.5) is 10.8 Å². The van der Waals surface area contributed by atoms with Gasteiger partial charge in [-0.3, -0.25) is 9.50 Å². The third-order valence-corrected chi connectivity index (χ3v) is 5.15. The summed E-state index contributed by atoms with van der Waals surface area (Å²) in [5.41, 5.74) is 3.53. The van der Waals surface area contributed by atoms with Crippen molar-refractivity contribution in [1.82, 2.24) is 28.9 Å². The lowest BCUT2D eigenvalue weighted by molar-refractivity contribution is 0.322. The van der Waals surface area contributed by atoms with E-state index in [1.54, 1.807) is 12.4 Å². The van der Waals surface area contributed by atoms with Gasteiger partial charge in [0.05, 0.1) is 30.4 Å². The number of nitrogens with zero attached hydrogens (tertiary/aromatic N) is 5. The molecule has 25 heavy (non-hydrogen) atoms. The molecule has 0 aromatic carbocycles. The minimum atomic E-state index is 0.0969. The predicted octanol–water partition coefficient (Wildman–Crippen LogP) is 2.71. The molecule has 0 spiro atoms. The minimum absolute atomic E-state index is 0.0969. The van der Waals surface area contributed by atoms with Gasteiger partial charge in [-0.25, -0.2) is 9.97 Å². The molecule has 0 aliphatic rings. The molecule has 0 aliphatic heterocycles. The summed E-state index contributed by atoms with van der Waals surface area (Å²) >= 11 is 2.87. The van der Waals surface area contributed by atoms with Crippen molar-refractivity contribution in [2.75, 3.05) is 17.7 Å². The van der Waals surface area contributed by atoms with Gasteiger partial charge < -0.3 is 10.4 Å². The largest absolute Gasteiger partial charge is 0.396 e. The van der Waals surface area contributed by atoms with Crippen molar-refractivity contribution in [2.45, 2.75) is 11.9 Å². The molecule has 0 saturated carbocycles. The number of aromatic amines is 1. The Morgan fingerprint density at radius 3 is 3.04 bits per heavy atom. The van der Waals surface area contributed by atoms with Crippen molar-refractivity contribution < 1.29 is 5.11 Å². The second-order valence-corrected chi connectivity index (χ2v) is 7.20. The lowest BCUT2D eigenvalue weighted by atomic mass is 10.3. The molecule has 0 amide bonds. The Hall–Kier alpha value is -2.43. The fourth-order valence-electron chi connectivity index (χ4n) is 2.41. The monoisotopic (exact) mass is 373 g/mol. The fourth-order valence-corrected chi connectivity index (χ4v) is 3.71. The SMILES string of the molecule is Cc1cc(Nc2nc(SCCO)cn3c(-c4cn[nH]c4)cnc23)sn1. The third-order valence-electron chi connectivity index (χ3n) is 3.47. The quantitative estimate of drug-likeness (QED) is 0.446. The molecule has 4 aromatic heterocycles. The molecule has 128 valence electrons. The van der Waals surface area contributed by atoms with Gasteiger partial charge >= 0.3 is 0 Å². The maximum atomic E-state index is 9.11. The summed E-state index contributed by atoms with van der Waals surface area (Å²) in [4.78, 5) is 9.17. The number of aliphatic hydroxyl groups is 1. The molecule has 4 aromatic rings. The van der Waals surface area contributed by atoms with Crippen LogP contribution in [0.2, 0.25) is 0 Å². The number of aliphatic hydroxyl groups excluding tert-OH is 1. The number of fused-ring (bicyclic) bond motifs is 1. The summed E-state index contributed by atoms with van der Waals surface area (Å²) in [6, 6.07) is 1.97. The maximum absolute atomic E-state index is 9.11. The van der Waals surface area contributed by atoms with Crippen LogP contribution in [-0.4, -0.2) is 46.4 Å². The summed E-state index contributed by atoms with van der Waals surface area (Å²) in [6.07, 6.45) is 7.30. The Labute approximate surface area is 151 Å². The molecule has 10 heteroatoms. The van der Waals surface area contributed by atoms with Gasteiger partial charge in [-0.05, 0) is 24.5 Å². The normalized spacial score (nSPS) is 11.3. The van der Waals surface area contributed by atoms with Crippen molar-refractivity contribution >= 4 is 39.8 Å². The van der Waals surface area contributed by atoms with Crippen LogP contribution in [0.25, 0.3) is 16.9 Å². The van der Waals surface area contributed by atoms with Gasteiger partial charge in [0.2, 0.25) is 0 Å². The zero-order valence-corrected chi connectivity index (χ0v) is 14.9. The van der Waals surface area contributed by atoms with Crippen LogP contribution in [0.1, 0.15) is 5.69 Å². The van der Waals surface area contributed by atoms with Crippen LogP contribution >= 0.6 is 23.3 Å². The molecule has 0 radical (unpaired) electrons. The second kappa shape index (κ2) is 6.82. The van der Waals surface area contributed by atoms with E-state index in [4.69, 9.17) is 5.11 Å². The summed E-state index contributed by atoms with van der Waals surface area (Å²) in [5.74, 6) is 1.23. The van der Waals surface area contributed by atoms with E-state index < -0.39 is 0 Å². The van der Waals surface area contributed by atoms with Crippen molar-refractivity contribution in [2.24, 2.45) is 0 Å². The lowest BCUT2D eigenvalue weighted by Crippen LogP contribution is -2.00. The summed E-state index contributed by atoms with van der Waals surface area (Å²) < 4.78 is 6.26. The number of nitrogens with one attached hydrogen (secondary N) is 2. The van der Waals surface area contributed by atoms with Crippen molar-refractivity contribution in [1.29, 1.82) is 0 Å². The summed E-state index contributed by atoms with van der Waals surface area (Å²) in [6.45, 7) is 2.05. The first-order chi connectivity index (χ1) is 12.2. The highest BCUT2D eigenvalue weighted by atomic mass is 32.2. The number of imidazole rings is 1. The topological polar surface area (TPSA) is 104 Å². The first-order valence-electron chi connectivity index (χ1n) is 7.56. The molecule has 0 aliphatic carbocycles. The van der Waals surface area contributed by atoms with Crippen molar-refractivity contribution in [3.8, 4) is 11.3 Å². The van der Waals surface area contributed by atoms with E-state index in [2.05, 4.69) is 29.9 Å².